The number of fused-ring (bicyclic) bond motifs is 1. The first-order valence-electron chi connectivity index (χ1n) is 7.26. The van der Waals surface area contributed by atoms with Crippen LogP contribution in [0.2, 0.25) is 0 Å². The first-order valence-corrected chi connectivity index (χ1v) is 7.26. The van der Waals surface area contributed by atoms with E-state index in [9.17, 15) is 0 Å². The van der Waals surface area contributed by atoms with Crippen molar-refractivity contribution in [2.75, 3.05) is 13.2 Å². The van der Waals surface area contributed by atoms with Crippen molar-refractivity contribution in [2.45, 2.75) is 26.1 Å². The number of aliphatic hydroxyl groups excluding tert-OH is 1. The summed E-state index contributed by atoms with van der Waals surface area (Å²) in [5, 5.41) is 8.76. The molecule has 0 atom stereocenters. The molecule has 1 aromatic heterocycles. The lowest BCUT2D eigenvalue weighted by molar-refractivity contribution is 0.209. The normalized spacial score (nSPS) is 14.3. The Morgan fingerprint density at radius 2 is 2.24 bits per heavy atom. The van der Waals surface area contributed by atoms with Crippen molar-refractivity contribution in [1.82, 2.24) is 14.5 Å². The molecule has 0 spiro atoms. The largest absolute Gasteiger partial charge is 0.395 e. The lowest BCUT2D eigenvalue weighted by atomic mass is 10.1. The maximum atomic E-state index is 8.76. The van der Waals surface area contributed by atoms with Gasteiger partial charge < -0.3 is 9.67 Å². The van der Waals surface area contributed by atoms with Crippen LogP contribution < -0.4 is 0 Å². The predicted molar refractivity (Wildman–Crippen MR) is 81.4 cm³/mol. The van der Waals surface area contributed by atoms with Gasteiger partial charge in [0.25, 0.3) is 0 Å². The van der Waals surface area contributed by atoms with E-state index in [-0.39, 0.29) is 6.61 Å². The Hall–Kier alpha value is -2.09. The Labute approximate surface area is 125 Å². The molecule has 0 saturated carbocycles. The van der Waals surface area contributed by atoms with E-state index in [0.717, 1.165) is 37.6 Å². The summed E-state index contributed by atoms with van der Waals surface area (Å²) in [4.78, 5) is 6.80. The van der Waals surface area contributed by atoms with Gasteiger partial charge in [0, 0.05) is 44.0 Å². The van der Waals surface area contributed by atoms with Crippen molar-refractivity contribution >= 4 is 0 Å². The maximum Gasteiger partial charge on any atom is 0.122 e. The van der Waals surface area contributed by atoms with Gasteiger partial charge >= 0.3 is 0 Å². The number of benzene rings is 1. The molecule has 4 nitrogen and oxygen atoms in total. The number of aromatic nitrogens is 2. The molecule has 1 aliphatic rings. The molecule has 0 radical (unpaired) electrons. The summed E-state index contributed by atoms with van der Waals surface area (Å²) in [7, 11) is 0. The Kier molecular flexibility index (Phi) is 4.34. The number of hydrogen-bond donors (Lipinski definition) is 1. The van der Waals surface area contributed by atoms with Crippen molar-refractivity contribution in [1.29, 1.82) is 0 Å². The van der Waals surface area contributed by atoms with E-state index in [1.54, 1.807) is 0 Å². The maximum absolute atomic E-state index is 8.76. The van der Waals surface area contributed by atoms with Crippen LogP contribution in [0.15, 0.2) is 36.7 Å². The van der Waals surface area contributed by atoms with Gasteiger partial charge in [0.2, 0.25) is 0 Å². The molecule has 2 heterocycles. The van der Waals surface area contributed by atoms with Gasteiger partial charge in [0.05, 0.1) is 13.2 Å². The van der Waals surface area contributed by atoms with Gasteiger partial charge in [0.15, 0.2) is 0 Å². The van der Waals surface area contributed by atoms with E-state index >= 15 is 0 Å². The standard InChI is InChI=1S/C17H19N3O/c21-11-2-1-4-15-5-3-6-16(12-15)13-19-9-10-20-8-7-18-17(20)14-19/h3,5-8,12,21H,2,9-11,13-14H2. The second-order valence-electron chi connectivity index (χ2n) is 5.22. The average Bonchev–Trinajstić information content (AvgIpc) is 2.95. The van der Waals surface area contributed by atoms with Crippen LogP contribution in [-0.4, -0.2) is 32.7 Å². The van der Waals surface area contributed by atoms with E-state index < -0.39 is 0 Å². The molecule has 1 aromatic carbocycles. The quantitative estimate of drug-likeness (QED) is 0.870. The lowest BCUT2D eigenvalue weighted by Crippen LogP contribution is -2.33. The molecule has 108 valence electrons. The number of rotatable bonds is 3. The molecule has 3 rings (SSSR count). The number of imidazole rings is 1. The molecule has 0 bridgehead atoms. The second kappa shape index (κ2) is 6.57. The monoisotopic (exact) mass is 281 g/mol. The molecule has 1 aliphatic heterocycles. The molecule has 0 amide bonds. The number of hydrogen-bond acceptors (Lipinski definition) is 3. The molecule has 0 unspecified atom stereocenters. The fraction of sp³-hybridized carbons (Fsp3) is 0.353. The molecule has 0 fully saturated rings. The van der Waals surface area contributed by atoms with Crippen LogP contribution >= 0.6 is 0 Å². The highest BCUT2D eigenvalue weighted by molar-refractivity contribution is 5.37. The van der Waals surface area contributed by atoms with Gasteiger partial charge in [-0.15, -0.1) is 0 Å². The minimum atomic E-state index is 0.118. The zero-order valence-electron chi connectivity index (χ0n) is 12.0. The molecule has 21 heavy (non-hydrogen) atoms. The van der Waals surface area contributed by atoms with Crippen molar-refractivity contribution in [3.05, 3.63) is 53.6 Å². The van der Waals surface area contributed by atoms with Crippen LogP contribution in [0, 0.1) is 11.8 Å². The molecule has 0 aliphatic carbocycles. The SMILES string of the molecule is OCCC#Cc1cccc(CN2CCn3ccnc3C2)c1. The zero-order chi connectivity index (χ0) is 14.5. The van der Waals surface area contributed by atoms with Gasteiger partial charge in [-0.05, 0) is 17.7 Å². The van der Waals surface area contributed by atoms with E-state index in [1.165, 1.54) is 5.56 Å². The highest BCUT2D eigenvalue weighted by Crippen LogP contribution is 2.14. The number of aliphatic hydroxyl groups is 1. The fourth-order valence-electron chi connectivity index (χ4n) is 2.58. The highest BCUT2D eigenvalue weighted by atomic mass is 16.2. The minimum Gasteiger partial charge on any atom is -0.395 e. The van der Waals surface area contributed by atoms with Gasteiger partial charge in [-0.2, -0.15) is 0 Å². The first kappa shape index (κ1) is 13.9. The first-order chi connectivity index (χ1) is 10.3. The topological polar surface area (TPSA) is 41.3 Å². The Morgan fingerprint density at radius 1 is 1.29 bits per heavy atom. The zero-order valence-corrected chi connectivity index (χ0v) is 12.0. The molecule has 4 heteroatoms. The summed E-state index contributed by atoms with van der Waals surface area (Å²) in [5.41, 5.74) is 2.28. The van der Waals surface area contributed by atoms with Gasteiger partial charge in [0.1, 0.15) is 5.82 Å². The third-order valence-corrected chi connectivity index (χ3v) is 3.63. The van der Waals surface area contributed by atoms with Crippen molar-refractivity contribution in [3.63, 3.8) is 0 Å². The van der Waals surface area contributed by atoms with Crippen molar-refractivity contribution < 1.29 is 5.11 Å². The van der Waals surface area contributed by atoms with Crippen LogP contribution in [0.25, 0.3) is 0 Å². The Bertz CT molecular complexity index is 666. The van der Waals surface area contributed by atoms with Crippen LogP contribution in [0.4, 0.5) is 0 Å². The molecular weight excluding hydrogens is 262 g/mol. The third-order valence-electron chi connectivity index (χ3n) is 3.63. The minimum absolute atomic E-state index is 0.118. The summed E-state index contributed by atoms with van der Waals surface area (Å²) >= 11 is 0. The summed E-state index contributed by atoms with van der Waals surface area (Å²) in [6, 6.07) is 8.32. The van der Waals surface area contributed by atoms with E-state index in [1.807, 2.05) is 24.5 Å². The Morgan fingerprint density at radius 3 is 3.14 bits per heavy atom. The van der Waals surface area contributed by atoms with E-state index in [2.05, 4.69) is 38.4 Å². The predicted octanol–water partition coefficient (Wildman–Crippen LogP) is 1.63. The van der Waals surface area contributed by atoms with Crippen molar-refractivity contribution in [3.8, 4) is 11.8 Å². The molecule has 2 aromatic rings. The molecule has 0 saturated heterocycles. The molecular formula is C17H19N3O. The lowest BCUT2D eigenvalue weighted by Gasteiger charge is -2.27. The second-order valence-corrected chi connectivity index (χ2v) is 5.22. The third kappa shape index (κ3) is 3.52. The summed E-state index contributed by atoms with van der Waals surface area (Å²) in [6.07, 6.45) is 4.44. The van der Waals surface area contributed by atoms with Gasteiger partial charge in [-0.1, -0.05) is 24.0 Å². The summed E-state index contributed by atoms with van der Waals surface area (Å²) in [5.74, 6) is 7.19. The van der Waals surface area contributed by atoms with E-state index in [0.29, 0.717) is 6.42 Å². The average molecular weight is 281 g/mol. The van der Waals surface area contributed by atoms with Crippen LogP contribution in [0.1, 0.15) is 23.4 Å². The number of nitrogens with zero attached hydrogens (tertiary/aromatic N) is 3. The van der Waals surface area contributed by atoms with Crippen LogP contribution in [0.3, 0.4) is 0 Å². The van der Waals surface area contributed by atoms with Gasteiger partial charge in [-0.25, -0.2) is 4.98 Å². The highest BCUT2D eigenvalue weighted by Gasteiger charge is 2.16. The smallest absolute Gasteiger partial charge is 0.122 e. The van der Waals surface area contributed by atoms with Crippen LogP contribution in [-0.2, 0) is 19.6 Å². The summed E-state index contributed by atoms with van der Waals surface area (Å²) < 4.78 is 2.22. The van der Waals surface area contributed by atoms with Gasteiger partial charge in [-0.3, -0.25) is 4.90 Å². The van der Waals surface area contributed by atoms with Crippen LogP contribution in [0.5, 0.6) is 0 Å². The van der Waals surface area contributed by atoms with E-state index in [4.69, 9.17) is 5.11 Å². The fourth-order valence-corrected chi connectivity index (χ4v) is 2.58. The molecule has 1 N–H and O–H groups in total. The Balaban J connectivity index is 1.66. The van der Waals surface area contributed by atoms with Crippen molar-refractivity contribution in [2.24, 2.45) is 0 Å². The summed E-state index contributed by atoms with van der Waals surface area (Å²) in [6.45, 7) is 3.98.